The number of benzene rings is 7. The second kappa shape index (κ2) is 19.6. The van der Waals surface area contributed by atoms with E-state index in [1.54, 1.807) is 6.07 Å². The van der Waals surface area contributed by atoms with Crippen LogP contribution in [0.2, 0.25) is 0 Å². The first kappa shape index (κ1) is 49.3. The van der Waals surface area contributed by atoms with E-state index in [0.717, 1.165) is 90.2 Å². The van der Waals surface area contributed by atoms with Crippen molar-refractivity contribution in [2.45, 2.75) is 119 Å². The van der Waals surface area contributed by atoms with Crippen molar-refractivity contribution in [3.05, 3.63) is 191 Å². The molecule has 2 aromatic heterocycles. The number of halogens is 2. The lowest BCUT2D eigenvalue weighted by Gasteiger charge is -2.30. The molecule has 0 bridgehead atoms. The van der Waals surface area contributed by atoms with Gasteiger partial charge in [0.2, 0.25) is 0 Å². The normalized spacial score (nSPS) is 12.9. The zero-order valence-corrected chi connectivity index (χ0v) is 44.5. The molecule has 0 saturated heterocycles. The molecule has 73 heavy (non-hydrogen) atoms. The Hall–Kier alpha value is -7.25. The molecule has 0 N–H and O–H groups in total. The summed E-state index contributed by atoms with van der Waals surface area (Å²) in [5.41, 5.74) is 17.4. The number of ether oxygens (including phenoxy) is 1. The van der Waals surface area contributed by atoms with Crippen molar-refractivity contribution in [2.75, 3.05) is 16.5 Å². The van der Waals surface area contributed by atoms with Gasteiger partial charge in [-0.15, -0.1) is 0 Å². The molecule has 0 saturated carbocycles. The third-order valence-electron chi connectivity index (χ3n) is 14.8. The van der Waals surface area contributed by atoms with E-state index in [9.17, 15) is 4.39 Å². The molecule has 0 aliphatic carbocycles. The average Bonchev–Trinajstić information content (AvgIpc) is 3.91. The third-order valence-corrected chi connectivity index (χ3v) is 14.8. The molecule has 1 aliphatic heterocycles. The average molecular weight is 971 g/mol. The Kier molecular flexibility index (Phi) is 13.3. The molecule has 0 amide bonds. The van der Waals surface area contributed by atoms with Gasteiger partial charge in [0, 0.05) is 52.1 Å². The van der Waals surface area contributed by atoms with Gasteiger partial charge in [-0.1, -0.05) is 126 Å². The van der Waals surface area contributed by atoms with Gasteiger partial charge in [-0.05, 0) is 164 Å². The number of pyridine rings is 1. The fourth-order valence-electron chi connectivity index (χ4n) is 10.9. The lowest BCUT2D eigenvalue weighted by Crippen LogP contribution is -2.26. The summed E-state index contributed by atoms with van der Waals surface area (Å²) in [6.07, 6.45) is 1.84. The fraction of sp³-hybridized carbons (Fsp3) is 0.288. The Morgan fingerprint density at radius 1 is 0.479 bits per heavy atom. The van der Waals surface area contributed by atoms with E-state index in [2.05, 4.69) is 201 Å². The Morgan fingerprint density at radius 3 is 1.77 bits per heavy atom. The van der Waals surface area contributed by atoms with Gasteiger partial charge in [0.25, 0.3) is 0 Å². The molecule has 7 heteroatoms. The van der Waals surface area contributed by atoms with Crippen LogP contribution in [0.1, 0.15) is 152 Å². The van der Waals surface area contributed by atoms with E-state index in [1.165, 1.54) is 33.9 Å². The highest BCUT2D eigenvalue weighted by molar-refractivity contribution is 6.09. The molecule has 372 valence electrons. The molecule has 7 aromatic carbocycles. The third kappa shape index (κ3) is 9.17. The summed E-state index contributed by atoms with van der Waals surface area (Å²) in [6.45, 7) is 27.6. The van der Waals surface area contributed by atoms with Crippen LogP contribution in [0, 0.1) is 11.6 Å². The molecule has 9 aromatic rings. The zero-order valence-electron chi connectivity index (χ0n) is 44.5. The first-order valence-corrected chi connectivity index (χ1v) is 26.2. The van der Waals surface area contributed by atoms with Crippen LogP contribution in [0.3, 0.4) is 0 Å². The molecule has 10 rings (SSSR count). The van der Waals surface area contributed by atoms with Crippen molar-refractivity contribution < 1.29 is 13.5 Å². The minimum atomic E-state index is -0.586. The number of aromatic nitrogens is 2. The SMILES string of the molecule is CC(C)c1cc(C(C)C)c(-c2cc(Oc3ccc4c5ccccc5n(-c5ccccn5)c4c3)cc(N3CN(c4c(C(C)C)cc(-c5ccc(F)cc5F)cc4C(C)C)c4cc(C(C)C)ccc43)c2)c(C(C)C)c1. The van der Waals surface area contributed by atoms with Crippen LogP contribution in [0.5, 0.6) is 11.5 Å². The van der Waals surface area contributed by atoms with Crippen molar-refractivity contribution in [1.82, 2.24) is 9.55 Å². The Bertz CT molecular complexity index is 3470. The highest BCUT2D eigenvalue weighted by Crippen LogP contribution is 2.52. The second-order valence-electron chi connectivity index (χ2n) is 21.9. The van der Waals surface area contributed by atoms with E-state index >= 15 is 4.39 Å². The molecule has 1 aliphatic rings. The number of hydrogen-bond donors (Lipinski definition) is 0. The van der Waals surface area contributed by atoms with Crippen LogP contribution in [0.15, 0.2) is 146 Å². The topological polar surface area (TPSA) is 33.5 Å². The molecule has 0 radical (unpaired) electrons. The summed E-state index contributed by atoms with van der Waals surface area (Å²) in [6, 6.07) is 47.6. The van der Waals surface area contributed by atoms with Crippen LogP contribution >= 0.6 is 0 Å². The predicted octanol–water partition coefficient (Wildman–Crippen LogP) is 19.6. The molecule has 5 nitrogen and oxygen atoms in total. The zero-order chi connectivity index (χ0) is 51.6. The number of anilines is 4. The highest BCUT2D eigenvalue weighted by atomic mass is 19.1. The van der Waals surface area contributed by atoms with Gasteiger partial charge in [-0.2, -0.15) is 0 Å². The number of rotatable bonds is 13. The maximum absolute atomic E-state index is 15.6. The summed E-state index contributed by atoms with van der Waals surface area (Å²) in [5.74, 6) is 2.56. The van der Waals surface area contributed by atoms with Crippen LogP contribution in [-0.2, 0) is 0 Å². The lowest BCUT2D eigenvalue weighted by atomic mass is 9.81. The first-order chi connectivity index (χ1) is 35.0. The van der Waals surface area contributed by atoms with Crippen molar-refractivity contribution >= 4 is 44.6 Å². The standard InChI is InChI=1S/C66H68F2N4O/c1-38(2)44-20-25-61-63(33-44)71(66-57(42(9)10)31-46(32-58(66)43(11)12)52-23-21-48(67)34-59(52)68)37-70(61)49-27-47(65-55(40(5)6)29-45(39(3)4)30-56(65)41(7)8)28-51(35-49)73-50-22-24-54-53-17-13-14-18-60(53)72(62(54)36-50)64-19-15-16-26-69-64/h13-36,38-43H,37H2,1-12H3. The molecule has 0 atom stereocenters. The quantitative estimate of drug-likeness (QED) is 0.115. The molecular weight excluding hydrogens is 903 g/mol. The lowest BCUT2D eigenvalue weighted by molar-refractivity contribution is 0.483. The van der Waals surface area contributed by atoms with Crippen LogP contribution in [-0.4, -0.2) is 16.2 Å². The van der Waals surface area contributed by atoms with Gasteiger partial charge in [-0.25, -0.2) is 13.8 Å². The van der Waals surface area contributed by atoms with Gasteiger partial charge in [0.05, 0.1) is 22.4 Å². The molecular formula is C66H68F2N4O. The maximum atomic E-state index is 15.6. The summed E-state index contributed by atoms with van der Waals surface area (Å²) >= 11 is 0. The minimum absolute atomic E-state index is 0.0940. The Morgan fingerprint density at radius 2 is 1.14 bits per heavy atom. The summed E-state index contributed by atoms with van der Waals surface area (Å²) in [4.78, 5) is 9.71. The summed E-state index contributed by atoms with van der Waals surface area (Å²) in [7, 11) is 0. The van der Waals surface area contributed by atoms with Gasteiger partial charge in [0.1, 0.15) is 35.6 Å². The number of nitrogens with zero attached hydrogens (tertiary/aromatic N) is 4. The Labute approximate surface area is 431 Å². The van der Waals surface area contributed by atoms with Crippen molar-refractivity contribution in [2.24, 2.45) is 0 Å². The van der Waals surface area contributed by atoms with Crippen molar-refractivity contribution in [1.29, 1.82) is 0 Å². The largest absolute Gasteiger partial charge is 0.457 e. The van der Waals surface area contributed by atoms with E-state index in [0.29, 0.717) is 24.1 Å². The molecule has 3 heterocycles. The predicted molar refractivity (Wildman–Crippen MR) is 302 cm³/mol. The Balaban J connectivity index is 1.19. The first-order valence-electron chi connectivity index (χ1n) is 26.2. The maximum Gasteiger partial charge on any atom is 0.137 e. The summed E-state index contributed by atoms with van der Waals surface area (Å²) in [5, 5.41) is 2.28. The van der Waals surface area contributed by atoms with Gasteiger partial charge in [-0.3, -0.25) is 4.57 Å². The van der Waals surface area contributed by atoms with E-state index in [4.69, 9.17) is 9.72 Å². The van der Waals surface area contributed by atoms with E-state index in [-0.39, 0.29) is 23.7 Å². The van der Waals surface area contributed by atoms with Gasteiger partial charge in [0.15, 0.2) is 0 Å². The van der Waals surface area contributed by atoms with Crippen LogP contribution in [0.25, 0.3) is 49.9 Å². The second-order valence-corrected chi connectivity index (χ2v) is 21.9. The van der Waals surface area contributed by atoms with E-state index in [1.807, 2.05) is 24.4 Å². The minimum Gasteiger partial charge on any atom is -0.457 e. The number of hydrogen-bond acceptors (Lipinski definition) is 4. The van der Waals surface area contributed by atoms with Crippen molar-refractivity contribution in [3.63, 3.8) is 0 Å². The van der Waals surface area contributed by atoms with Crippen molar-refractivity contribution in [3.8, 4) is 39.6 Å². The highest BCUT2D eigenvalue weighted by Gasteiger charge is 2.34. The van der Waals surface area contributed by atoms with Gasteiger partial charge >= 0.3 is 0 Å². The van der Waals surface area contributed by atoms with Crippen LogP contribution < -0.4 is 14.5 Å². The van der Waals surface area contributed by atoms with Crippen LogP contribution in [0.4, 0.5) is 31.5 Å². The fourth-order valence-corrected chi connectivity index (χ4v) is 10.9. The number of fused-ring (bicyclic) bond motifs is 4. The molecule has 0 unspecified atom stereocenters. The monoisotopic (exact) mass is 971 g/mol. The molecule has 0 fully saturated rings. The van der Waals surface area contributed by atoms with E-state index < -0.39 is 11.6 Å². The smallest absolute Gasteiger partial charge is 0.137 e. The van der Waals surface area contributed by atoms with Gasteiger partial charge < -0.3 is 14.5 Å². The molecule has 0 spiro atoms. The number of para-hydroxylation sites is 1. The summed E-state index contributed by atoms with van der Waals surface area (Å²) < 4.78 is 39.3.